The van der Waals surface area contributed by atoms with Crippen molar-refractivity contribution < 1.29 is 5.21 Å². The second-order valence-electron chi connectivity index (χ2n) is 3.01. The highest BCUT2D eigenvalue weighted by Crippen LogP contribution is 2.31. The lowest BCUT2D eigenvalue weighted by atomic mass is 9.98. The quantitative estimate of drug-likeness (QED) is 0.416. The van der Waals surface area contributed by atoms with Gasteiger partial charge in [-0.2, -0.15) is 0 Å². The van der Waals surface area contributed by atoms with Gasteiger partial charge in [0.1, 0.15) is 0 Å². The van der Waals surface area contributed by atoms with E-state index < -0.39 is 0 Å². The molecular weight excluding hydrogens is 138 g/mol. The van der Waals surface area contributed by atoms with Gasteiger partial charge in [0.2, 0.25) is 0 Å². The van der Waals surface area contributed by atoms with E-state index in [0.717, 1.165) is 25.0 Å². The molecule has 0 heterocycles. The average Bonchev–Trinajstić information content (AvgIpc) is 2.50. The first-order valence-electron chi connectivity index (χ1n) is 4.01. The predicted molar refractivity (Wildman–Crippen MR) is 43.9 cm³/mol. The summed E-state index contributed by atoms with van der Waals surface area (Å²) in [7, 11) is 0. The maximum absolute atomic E-state index is 8.66. The summed E-state index contributed by atoms with van der Waals surface area (Å²) in [6, 6.07) is 0. The lowest BCUT2D eigenvalue weighted by molar-refractivity contribution is 0.318. The zero-order chi connectivity index (χ0) is 7.68. The maximum atomic E-state index is 8.66. The van der Waals surface area contributed by atoms with Crippen LogP contribution in [0.15, 0.2) is 28.5 Å². The third-order valence-electron chi connectivity index (χ3n) is 2.36. The first kappa shape index (κ1) is 6.65. The molecule has 0 aromatic heterocycles. The van der Waals surface area contributed by atoms with Crippen molar-refractivity contribution in [3.05, 3.63) is 23.3 Å². The van der Waals surface area contributed by atoms with Gasteiger partial charge in [-0.15, -0.1) is 0 Å². The Labute approximate surface area is 65.9 Å². The van der Waals surface area contributed by atoms with Gasteiger partial charge < -0.3 is 5.21 Å². The molecule has 58 valence electrons. The topological polar surface area (TPSA) is 32.6 Å². The maximum Gasteiger partial charge on any atom is 0.0867 e. The molecule has 0 unspecified atom stereocenters. The van der Waals surface area contributed by atoms with Gasteiger partial charge >= 0.3 is 0 Å². The van der Waals surface area contributed by atoms with Crippen molar-refractivity contribution in [2.24, 2.45) is 5.16 Å². The van der Waals surface area contributed by atoms with Crippen LogP contribution in [-0.4, -0.2) is 10.9 Å². The van der Waals surface area contributed by atoms with Gasteiger partial charge in [0, 0.05) is 6.42 Å². The molecule has 2 heteroatoms. The molecule has 0 atom stereocenters. The van der Waals surface area contributed by atoms with Crippen LogP contribution in [0.4, 0.5) is 0 Å². The Bertz CT molecular complexity index is 261. The lowest BCUT2D eigenvalue weighted by Crippen LogP contribution is -2.04. The zero-order valence-electron chi connectivity index (χ0n) is 6.38. The summed E-state index contributed by atoms with van der Waals surface area (Å²) in [6.07, 6.45) is 8.50. The second-order valence-corrected chi connectivity index (χ2v) is 3.01. The first-order valence-corrected chi connectivity index (χ1v) is 4.01. The van der Waals surface area contributed by atoms with Crippen LogP contribution in [0.2, 0.25) is 0 Å². The minimum atomic E-state index is 0.801. The Morgan fingerprint density at radius 2 is 2.27 bits per heavy atom. The highest BCUT2D eigenvalue weighted by molar-refractivity contribution is 6.03. The van der Waals surface area contributed by atoms with E-state index in [0.29, 0.717) is 0 Å². The Balaban J connectivity index is 2.38. The molecule has 0 spiro atoms. The van der Waals surface area contributed by atoms with Crippen LogP contribution in [0.1, 0.15) is 25.7 Å². The summed E-state index contributed by atoms with van der Waals surface area (Å²) >= 11 is 0. The van der Waals surface area contributed by atoms with Crippen LogP contribution in [0.5, 0.6) is 0 Å². The predicted octanol–water partition coefficient (Wildman–Crippen LogP) is 2.26. The van der Waals surface area contributed by atoms with Crippen molar-refractivity contribution >= 4 is 5.71 Å². The third kappa shape index (κ3) is 0.985. The Kier molecular flexibility index (Phi) is 1.53. The van der Waals surface area contributed by atoms with E-state index in [1.54, 1.807) is 0 Å². The molecule has 0 bridgehead atoms. The van der Waals surface area contributed by atoms with E-state index in [1.807, 2.05) is 0 Å². The molecule has 0 radical (unpaired) electrons. The fourth-order valence-corrected chi connectivity index (χ4v) is 1.82. The first-order chi connectivity index (χ1) is 5.42. The molecule has 2 rings (SSSR count). The van der Waals surface area contributed by atoms with Crippen LogP contribution in [0.3, 0.4) is 0 Å². The summed E-state index contributed by atoms with van der Waals surface area (Å²) in [4.78, 5) is 0. The second kappa shape index (κ2) is 2.53. The summed E-state index contributed by atoms with van der Waals surface area (Å²) < 4.78 is 0. The van der Waals surface area contributed by atoms with Crippen LogP contribution in [-0.2, 0) is 0 Å². The Morgan fingerprint density at radius 1 is 1.36 bits per heavy atom. The number of allylic oxidation sites excluding steroid dienone is 4. The van der Waals surface area contributed by atoms with Gasteiger partial charge in [-0.25, -0.2) is 0 Å². The molecule has 1 N–H and O–H groups in total. The molecule has 2 aliphatic rings. The van der Waals surface area contributed by atoms with Gasteiger partial charge in [-0.1, -0.05) is 17.3 Å². The molecule has 11 heavy (non-hydrogen) atoms. The largest absolute Gasteiger partial charge is 0.411 e. The minimum Gasteiger partial charge on any atom is -0.411 e. The third-order valence-corrected chi connectivity index (χ3v) is 2.36. The molecule has 0 aliphatic heterocycles. The Hall–Kier alpha value is -1.05. The molecule has 0 saturated heterocycles. The molecule has 0 aromatic rings. The van der Waals surface area contributed by atoms with E-state index in [9.17, 15) is 0 Å². The highest BCUT2D eigenvalue weighted by atomic mass is 16.4. The smallest absolute Gasteiger partial charge is 0.0867 e. The average molecular weight is 149 g/mol. The summed E-state index contributed by atoms with van der Waals surface area (Å²) in [5.41, 5.74) is 3.54. The minimum absolute atomic E-state index is 0.801. The molecule has 0 fully saturated rings. The SMILES string of the molecule is ON=C1CC=CC2=C1CCC2. The standard InChI is InChI=1S/C9H11NO/c11-10-9-6-2-4-7-3-1-5-8(7)9/h2,4,11H,1,3,5-6H2. The fraction of sp³-hybridized carbons (Fsp3) is 0.444. The number of rotatable bonds is 0. The van der Waals surface area contributed by atoms with Crippen LogP contribution < -0.4 is 0 Å². The van der Waals surface area contributed by atoms with E-state index >= 15 is 0 Å². The molecule has 2 aliphatic carbocycles. The van der Waals surface area contributed by atoms with Crippen molar-refractivity contribution in [1.29, 1.82) is 0 Å². The van der Waals surface area contributed by atoms with E-state index in [4.69, 9.17) is 5.21 Å². The zero-order valence-corrected chi connectivity index (χ0v) is 6.38. The molecule has 0 amide bonds. The molecule has 0 saturated carbocycles. The molecule has 0 aromatic carbocycles. The highest BCUT2D eigenvalue weighted by Gasteiger charge is 2.19. The fourth-order valence-electron chi connectivity index (χ4n) is 1.82. The van der Waals surface area contributed by atoms with Crippen molar-refractivity contribution in [3.8, 4) is 0 Å². The van der Waals surface area contributed by atoms with Gasteiger partial charge in [-0.05, 0) is 30.4 Å². The number of hydrogen-bond donors (Lipinski definition) is 1. The van der Waals surface area contributed by atoms with Gasteiger partial charge in [0.05, 0.1) is 5.71 Å². The normalized spacial score (nSPS) is 26.4. The molecular formula is C9H11NO. The summed E-state index contributed by atoms with van der Waals surface area (Å²) in [5.74, 6) is 0. The Morgan fingerprint density at radius 3 is 3.09 bits per heavy atom. The van der Waals surface area contributed by atoms with E-state index in [2.05, 4.69) is 17.3 Å². The van der Waals surface area contributed by atoms with Crippen molar-refractivity contribution in [2.45, 2.75) is 25.7 Å². The van der Waals surface area contributed by atoms with Gasteiger partial charge in [-0.3, -0.25) is 0 Å². The van der Waals surface area contributed by atoms with Crippen LogP contribution in [0.25, 0.3) is 0 Å². The van der Waals surface area contributed by atoms with Gasteiger partial charge in [0.25, 0.3) is 0 Å². The van der Waals surface area contributed by atoms with Crippen LogP contribution in [0, 0.1) is 0 Å². The summed E-state index contributed by atoms with van der Waals surface area (Å²) in [5, 5.41) is 12.0. The monoisotopic (exact) mass is 149 g/mol. The number of nitrogens with zero attached hydrogens (tertiary/aromatic N) is 1. The van der Waals surface area contributed by atoms with E-state index in [-0.39, 0.29) is 0 Å². The number of hydrogen-bond acceptors (Lipinski definition) is 2. The molecule has 2 nitrogen and oxygen atoms in total. The summed E-state index contributed by atoms with van der Waals surface area (Å²) in [6.45, 7) is 0. The van der Waals surface area contributed by atoms with Crippen molar-refractivity contribution in [3.63, 3.8) is 0 Å². The van der Waals surface area contributed by atoms with Gasteiger partial charge in [0.15, 0.2) is 0 Å². The van der Waals surface area contributed by atoms with Crippen LogP contribution >= 0.6 is 0 Å². The van der Waals surface area contributed by atoms with E-state index in [1.165, 1.54) is 17.6 Å². The number of oxime groups is 1. The van der Waals surface area contributed by atoms with Crippen molar-refractivity contribution in [1.82, 2.24) is 0 Å². The van der Waals surface area contributed by atoms with Crippen molar-refractivity contribution in [2.75, 3.05) is 0 Å². The lowest BCUT2D eigenvalue weighted by Gasteiger charge is -2.08.